The molecular weight excluding hydrogens is 264 g/mol. The molecule has 0 unspecified atom stereocenters. The van der Waals surface area contributed by atoms with E-state index in [1.165, 1.54) is 5.56 Å². The Morgan fingerprint density at radius 1 is 1.38 bits per heavy atom. The molecule has 1 amide bonds. The van der Waals surface area contributed by atoms with Gasteiger partial charge < -0.3 is 10.2 Å². The van der Waals surface area contributed by atoms with Crippen molar-refractivity contribution in [3.05, 3.63) is 36.2 Å². The molecule has 0 bridgehead atoms. The van der Waals surface area contributed by atoms with Gasteiger partial charge in [0.25, 0.3) is 0 Å². The van der Waals surface area contributed by atoms with Crippen molar-refractivity contribution in [2.24, 2.45) is 7.05 Å². The van der Waals surface area contributed by atoms with Crippen molar-refractivity contribution < 1.29 is 4.79 Å². The summed E-state index contributed by atoms with van der Waals surface area (Å²) in [6.45, 7) is 8.92. The summed E-state index contributed by atoms with van der Waals surface area (Å²) in [5.41, 5.74) is 2.42. The van der Waals surface area contributed by atoms with Crippen molar-refractivity contribution in [1.82, 2.24) is 15.1 Å². The molecule has 21 heavy (non-hydrogen) atoms. The molecule has 5 heteroatoms. The van der Waals surface area contributed by atoms with Crippen LogP contribution in [0, 0.1) is 0 Å². The molecular formula is C16H20N4O. The first-order valence-electron chi connectivity index (χ1n) is 7.21. The second-order valence-corrected chi connectivity index (χ2v) is 5.74. The lowest BCUT2D eigenvalue weighted by Gasteiger charge is -2.29. The van der Waals surface area contributed by atoms with Gasteiger partial charge in [0.1, 0.15) is 5.82 Å². The average molecular weight is 284 g/mol. The number of aryl methyl sites for hydroxylation is 1. The average Bonchev–Trinajstić information content (AvgIpc) is 2.76. The number of fused-ring (bicyclic) bond motifs is 1. The largest absolute Gasteiger partial charge is 0.313 e. The van der Waals surface area contributed by atoms with Gasteiger partial charge in [0, 0.05) is 25.4 Å². The highest BCUT2D eigenvalue weighted by molar-refractivity contribution is 5.94. The summed E-state index contributed by atoms with van der Waals surface area (Å²) in [4.78, 5) is 13.4. The Balaban J connectivity index is 2.14. The number of anilines is 1. The number of carbonyl (C=O) groups excluding carboxylic acids is 1. The summed E-state index contributed by atoms with van der Waals surface area (Å²) in [5.74, 6) is 1.90. The second kappa shape index (κ2) is 4.91. The predicted octanol–water partition coefficient (Wildman–Crippen LogP) is 2.49. The van der Waals surface area contributed by atoms with Gasteiger partial charge in [-0.25, -0.2) is 0 Å². The van der Waals surface area contributed by atoms with Gasteiger partial charge in [-0.1, -0.05) is 32.6 Å². The van der Waals surface area contributed by atoms with Crippen LogP contribution in [0.25, 0.3) is 10.9 Å². The van der Waals surface area contributed by atoms with Gasteiger partial charge in [0.2, 0.25) is 5.91 Å². The van der Waals surface area contributed by atoms with Gasteiger partial charge in [-0.2, -0.15) is 5.10 Å². The van der Waals surface area contributed by atoms with E-state index in [4.69, 9.17) is 0 Å². The van der Waals surface area contributed by atoms with E-state index in [0.29, 0.717) is 24.7 Å². The van der Waals surface area contributed by atoms with Crippen molar-refractivity contribution in [2.45, 2.75) is 26.2 Å². The third kappa shape index (κ3) is 2.18. The Labute approximate surface area is 124 Å². The SMILES string of the molecule is C=C1NC(=O)CCN1c1nn(C)c2c(C(C)C)cccc12. The minimum atomic E-state index is 0.0133. The van der Waals surface area contributed by atoms with Crippen LogP contribution < -0.4 is 10.2 Å². The van der Waals surface area contributed by atoms with E-state index in [1.54, 1.807) is 0 Å². The molecule has 3 rings (SSSR count). The van der Waals surface area contributed by atoms with E-state index in [0.717, 1.165) is 16.7 Å². The molecule has 1 saturated heterocycles. The zero-order valence-electron chi connectivity index (χ0n) is 12.7. The zero-order chi connectivity index (χ0) is 15.1. The fourth-order valence-electron chi connectivity index (χ4n) is 2.89. The highest BCUT2D eigenvalue weighted by Crippen LogP contribution is 2.33. The van der Waals surface area contributed by atoms with Crippen molar-refractivity contribution in [2.75, 3.05) is 11.4 Å². The fraction of sp³-hybridized carbons (Fsp3) is 0.375. The number of para-hydroxylation sites is 1. The van der Waals surface area contributed by atoms with Gasteiger partial charge in [-0.3, -0.25) is 9.48 Å². The van der Waals surface area contributed by atoms with Crippen LogP contribution in [0.1, 0.15) is 31.7 Å². The van der Waals surface area contributed by atoms with Crippen molar-refractivity contribution in [1.29, 1.82) is 0 Å². The smallest absolute Gasteiger partial charge is 0.227 e. The first-order chi connectivity index (χ1) is 9.99. The number of aromatic nitrogens is 2. The Kier molecular flexibility index (Phi) is 3.20. The minimum absolute atomic E-state index is 0.0133. The molecule has 0 aliphatic carbocycles. The topological polar surface area (TPSA) is 50.2 Å². The van der Waals surface area contributed by atoms with Gasteiger partial charge in [0.05, 0.1) is 5.52 Å². The summed E-state index contributed by atoms with van der Waals surface area (Å²) in [6, 6.07) is 6.28. The lowest BCUT2D eigenvalue weighted by molar-refractivity contribution is -0.120. The molecule has 5 nitrogen and oxygen atoms in total. The summed E-state index contributed by atoms with van der Waals surface area (Å²) < 4.78 is 1.92. The third-order valence-corrected chi connectivity index (χ3v) is 3.93. The fourth-order valence-corrected chi connectivity index (χ4v) is 2.89. The van der Waals surface area contributed by atoms with Crippen LogP contribution in [0.4, 0.5) is 5.82 Å². The molecule has 1 fully saturated rings. The monoisotopic (exact) mass is 284 g/mol. The van der Waals surface area contributed by atoms with Crippen LogP contribution in [0.2, 0.25) is 0 Å². The predicted molar refractivity (Wildman–Crippen MR) is 84.0 cm³/mol. The molecule has 1 aromatic heterocycles. The summed E-state index contributed by atoms with van der Waals surface area (Å²) in [5, 5.41) is 8.54. The first kappa shape index (κ1) is 13.7. The highest BCUT2D eigenvalue weighted by Gasteiger charge is 2.24. The Morgan fingerprint density at radius 3 is 2.81 bits per heavy atom. The molecule has 1 aliphatic rings. The maximum atomic E-state index is 11.4. The minimum Gasteiger partial charge on any atom is -0.313 e. The molecule has 1 N–H and O–H groups in total. The van der Waals surface area contributed by atoms with Crippen molar-refractivity contribution >= 4 is 22.6 Å². The Hall–Kier alpha value is -2.30. The van der Waals surface area contributed by atoms with E-state index < -0.39 is 0 Å². The molecule has 2 aromatic rings. The third-order valence-electron chi connectivity index (χ3n) is 3.93. The number of nitrogens with zero attached hydrogens (tertiary/aromatic N) is 3. The van der Waals surface area contributed by atoms with Gasteiger partial charge in [-0.05, 0) is 17.5 Å². The van der Waals surface area contributed by atoms with E-state index >= 15 is 0 Å². The van der Waals surface area contributed by atoms with Crippen LogP contribution in [-0.2, 0) is 11.8 Å². The number of rotatable bonds is 2. The molecule has 0 radical (unpaired) electrons. The zero-order valence-corrected chi connectivity index (χ0v) is 12.7. The molecule has 0 spiro atoms. The van der Waals surface area contributed by atoms with E-state index in [-0.39, 0.29) is 5.91 Å². The number of amides is 1. The lowest BCUT2D eigenvalue weighted by atomic mass is 10.0. The van der Waals surface area contributed by atoms with Crippen LogP contribution in [0.3, 0.4) is 0 Å². The lowest BCUT2D eigenvalue weighted by Crippen LogP contribution is -2.42. The number of carbonyl (C=O) groups is 1. The molecule has 110 valence electrons. The van der Waals surface area contributed by atoms with Gasteiger partial charge >= 0.3 is 0 Å². The van der Waals surface area contributed by atoms with Crippen LogP contribution >= 0.6 is 0 Å². The molecule has 2 heterocycles. The van der Waals surface area contributed by atoms with Crippen molar-refractivity contribution in [3.63, 3.8) is 0 Å². The van der Waals surface area contributed by atoms with Crippen molar-refractivity contribution in [3.8, 4) is 0 Å². The molecule has 1 aliphatic heterocycles. The first-order valence-corrected chi connectivity index (χ1v) is 7.21. The van der Waals surface area contributed by atoms with E-state index in [9.17, 15) is 4.79 Å². The molecule has 1 aromatic carbocycles. The number of hydrogen-bond acceptors (Lipinski definition) is 3. The number of hydrogen-bond donors (Lipinski definition) is 1. The second-order valence-electron chi connectivity index (χ2n) is 5.74. The Bertz CT molecular complexity index is 729. The highest BCUT2D eigenvalue weighted by atomic mass is 16.2. The molecule has 0 atom stereocenters. The maximum absolute atomic E-state index is 11.4. The normalized spacial score (nSPS) is 15.9. The quantitative estimate of drug-likeness (QED) is 0.921. The van der Waals surface area contributed by atoms with Crippen LogP contribution in [0.5, 0.6) is 0 Å². The summed E-state index contributed by atoms with van der Waals surface area (Å²) >= 11 is 0. The van der Waals surface area contributed by atoms with Crippen LogP contribution in [-0.4, -0.2) is 22.2 Å². The summed E-state index contributed by atoms with van der Waals surface area (Å²) in [6.07, 6.45) is 0.459. The number of benzene rings is 1. The van der Waals surface area contributed by atoms with Crippen LogP contribution in [0.15, 0.2) is 30.6 Å². The Morgan fingerprint density at radius 2 is 2.14 bits per heavy atom. The number of nitrogens with one attached hydrogen (secondary N) is 1. The summed E-state index contributed by atoms with van der Waals surface area (Å²) in [7, 11) is 1.96. The maximum Gasteiger partial charge on any atom is 0.227 e. The van der Waals surface area contributed by atoms with E-state index in [1.807, 2.05) is 16.6 Å². The van der Waals surface area contributed by atoms with E-state index in [2.05, 4.69) is 49.0 Å². The van der Waals surface area contributed by atoms with Gasteiger partial charge in [-0.15, -0.1) is 0 Å². The van der Waals surface area contributed by atoms with Gasteiger partial charge in [0.15, 0.2) is 5.82 Å². The standard InChI is InChI=1S/C16H20N4O/c1-10(2)12-6-5-7-13-15(12)19(4)18-16(13)20-9-8-14(21)17-11(20)3/h5-7,10H,3,8-9H2,1-2,4H3,(H,17,21). The molecule has 0 saturated carbocycles.